The fourth-order valence-electron chi connectivity index (χ4n) is 1.63. The number of hydrogen-bond acceptors (Lipinski definition) is 5. The lowest BCUT2D eigenvalue weighted by molar-refractivity contribution is 0.0905. The zero-order valence-electron chi connectivity index (χ0n) is 11.7. The van der Waals surface area contributed by atoms with Crippen LogP contribution in [0.1, 0.15) is 31.0 Å². The monoisotopic (exact) mass is 275 g/mol. The van der Waals surface area contributed by atoms with Crippen LogP contribution in [0.4, 0.5) is 0 Å². The van der Waals surface area contributed by atoms with Gasteiger partial charge < -0.3 is 14.5 Å². The van der Waals surface area contributed by atoms with Gasteiger partial charge in [-0.25, -0.2) is 0 Å². The van der Waals surface area contributed by atoms with Crippen molar-refractivity contribution in [1.82, 2.24) is 15.5 Å². The van der Waals surface area contributed by atoms with Gasteiger partial charge in [0, 0.05) is 6.04 Å². The molecule has 2 aromatic rings. The average molecular weight is 275 g/mol. The van der Waals surface area contributed by atoms with Crippen LogP contribution in [-0.4, -0.2) is 29.3 Å². The largest absolute Gasteiger partial charge is 0.496 e. The molecule has 6 heteroatoms. The molecule has 1 amide bonds. The van der Waals surface area contributed by atoms with Gasteiger partial charge >= 0.3 is 11.8 Å². The molecular weight excluding hydrogens is 258 g/mol. The van der Waals surface area contributed by atoms with E-state index in [0.29, 0.717) is 11.3 Å². The van der Waals surface area contributed by atoms with Crippen molar-refractivity contribution in [3.8, 4) is 17.2 Å². The lowest BCUT2D eigenvalue weighted by Gasteiger charge is -2.08. The molecule has 106 valence electrons. The van der Waals surface area contributed by atoms with Gasteiger partial charge in [0.25, 0.3) is 5.89 Å². The van der Waals surface area contributed by atoms with E-state index in [1.807, 2.05) is 26.0 Å². The summed E-state index contributed by atoms with van der Waals surface area (Å²) in [5, 5.41) is 10.4. The predicted octanol–water partition coefficient (Wildman–Crippen LogP) is 2.27. The maximum Gasteiger partial charge on any atom is 0.309 e. The van der Waals surface area contributed by atoms with Gasteiger partial charge in [-0.3, -0.25) is 4.79 Å². The van der Waals surface area contributed by atoms with Crippen LogP contribution in [0.5, 0.6) is 5.75 Å². The molecule has 0 saturated heterocycles. The summed E-state index contributed by atoms with van der Waals surface area (Å²) in [4.78, 5) is 11.9. The van der Waals surface area contributed by atoms with Crippen molar-refractivity contribution in [2.24, 2.45) is 0 Å². The lowest BCUT2D eigenvalue weighted by atomic mass is 10.2. The highest BCUT2D eigenvalue weighted by Crippen LogP contribution is 2.28. The molecule has 1 aromatic carbocycles. The summed E-state index contributed by atoms with van der Waals surface area (Å²) in [5.74, 6) is 0.459. The smallest absolute Gasteiger partial charge is 0.309 e. The summed E-state index contributed by atoms with van der Waals surface area (Å²) in [7, 11) is 1.56. The second-order valence-corrected chi connectivity index (χ2v) is 4.40. The molecule has 0 aliphatic rings. The predicted molar refractivity (Wildman–Crippen MR) is 73.5 cm³/mol. The van der Waals surface area contributed by atoms with E-state index in [9.17, 15) is 4.79 Å². The first-order valence-electron chi connectivity index (χ1n) is 6.43. The molecule has 1 atom stereocenters. The van der Waals surface area contributed by atoms with Gasteiger partial charge in [0.1, 0.15) is 5.75 Å². The van der Waals surface area contributed by atoms with Crippen LogP contribution in [-0.2, 0) is 0 Å². The number of hydrogen-bond donors (Lipinski definition) is 1. The second-order valence-electron chi connectivity index (χ2n) is 4.40. The summed E-state index contributed by atoms with van der Waals surface area (Å²) in [6.07, 6.45) is 0.833. The fourth-order valence-corrected chi connectivity index (χ4v) is 1.63. The van der Waals surface area contributed by atoms with Gasteiger partial charge in [-0.05, 0) is 25.5 Å². The van der Waals surface area contributed by atoms with Crippen LogP contribution in [0.2, 0.25) is 0 Å². The zero-order chi connectivity index (χ0) is 14.5. The number of ether oxygens (including phenoxy) is 1. The summed E-state index contributed by atoms with van der Waals surface area (Å²) in [5.41, 5.74) is 0.657. The van der Waals surface area contributed by atoms with Crippen molar-refractivity contribution >= 4 is 5.91 Å². The number of para-hydroxylation sites is 1. The average Bonchev–Trinajstić information content (AvgIpc) is 2.96. The number of carbonyl (C=O) groups excluding carboxylic acids is 1. The molecule has 2 rings (SSSR count). The molecule has 0 aliphatic carbocycles. The van der Waals surface area contributed by atoms with Crippen LogP contribution >= 0.6 is 0 Å². The molecule has 1 N–H and O–H groups in total. The van der Waals surface area contributed by atoms with Gasteiger partial charge in [-0.1, -0.05) is 19.1 Å². The summed E-state index contributed by atoms with van der Waals surface area (Å²) >= 11 is 0. The van der Waals surface area contributed by atoms with Gasteiger partial charge in [0.05, 0.1) is 12.7 Å². The minimum absolute atomic E-state index is 0.0498. The fraction of sp³-hybridized carbons (Fsp3) is 0.357. The molecule has 1 aromatic heterocycles. The first-order chi connectivity index (χ1) is 9.65. The SMILES string of the molecule is CCC(C)NC(=O)c1nnc(-c2ccccc2OC)o1. The van der Waals surface area contributed by atoms with E-state index in [2.05, 4.69) is 15.5 Å². The topological polar surface area (TPSA) is 77.2 Å². The standard InChI is InChI=1S/C14H17N3O3/c1-4-9(2)15-12(18)14-17-16-13(20-14)10-7-5-6-8-11(10)19-3/h5-9H,4H2,1-3H3,(H,15,18). The maximum atomic E-state index is 11.9. The Morgan fingerprint density at radius 1 is 1.40 bits per heavy atom. The molecule has 0 spiro atoms. The van der Waals surface area contributed by atoms with E-state index in [-0.39, 0.29) is 23.7 Å². The number of methoxy groups -OCH3 is 1. The van der Waals surface area contributed by atoms with Gasteiger partial charge in [0.15, 0.2) is 0 Å². The number of aromatic nitrogens is 2. The van der Waals surface area contributed by atoms with Crippen LogP contribution < -0.4 is 10.1 Å². The quantitative estimate of drug-likeness (QED) is 0.905. The number of amides is 1. The van der Waals surface area contributed by atoms with Crippen molar-refractivity contribution < 1.29 is 13.9 Å². The van der Waals surface area contributed by atoms with Gasteiger partial charge in [0.2, 0.25) is 0 Å². The molecule has 1 unspecified atom stereocenters. The normalized spacial score (nSPS) is 11.9. The highest BCUT2D eigenvalue weighted by molar-refractivity contribution is 5.89. The molecule has 1 heterocycles. The molecule has 0 aliphatic heterocycles. The molecule has 0 saturated carbocycles. The number of carbonyl (C=O) groups is 1. The number of nitrogens with zero attached hydrogens (tertiary/aromatic N) is 2. The summed E-state index contributed by atoms with van der Waals surface area (Å²) in [6.45, 7) is 3.90. The third-order valence-corrected chi connectivity index (χ3v) is 2.95. The van der Waals surface area contributed by atoms with Crippen LogP contribution in [0.3, 0.4) is 0 Å². The molecule has 0 bridgehead atoms. The molecular formula is C14H17N3O3. The number of benzene rings is 1. The van der Waals surface area contributed by atoms with E-state index in [0.717, 1.165) is 6.42 Å². The Kier molecular flexibility index (Phi) is 4.34. The number of nitrogens with one attached hydrogen (secondary N) is 1. The van der Waals surface area contributed by atoms with Crippen LogP contribution in [0.25, 0.3) is 11.5 Å². The minimum Gasteiger partial charge on any atom is -0.496 e. The molecule has 0 fully saturated rings. The van der Waals surface area contributed by atoms with Crippen molar-refractivity contribution in [3.63, 3.8) is 0 Å². The van der Waals surface area contributed by atoms with Crippen molar-refractivity contribution in [3.05, 3.63) is 30.2 Å². The number of rotatable bonds is 5. The van der Waals surface area contributed by atoms with Crippen LogP contribution in [0, 0.1) is 0 Å². The Bertz CT molecular complexity index is 595. The van der Waals surface area contributed by atoms with E-state index < -0.39 is 0 Å². The van der Waals surface area contributed by atoms with Crippen LogP contribution in [0.15, 0.2) is 28.7 Å². The van der Waals surface area contributed by atoms with Crippen molar-refractivity contribution in [2.75, 3.05) is 7.11 Å². The van der Waals surface area contributed by atoms with E-state index in [4.69, 9.17) is 9.15 Å². The minimum atomic E-state index is -0.368. The first kappa shape index (κ1) is 14.0. The Labute approximate surface area is 117 Å². The first-order valence-corrected chi connectivity index (χ1v) is 6.43. The summed E-state index contributed by atoms with van der Waals surface area (Å²) < 4.78 is 10.6. The maximum absolute atomic E-state index is 11.9. The Morgan fingerprint density at radius 3 is 2.85 bits per heavy atom. The Morgan fingerprint density at radius 2 is 2.15 bits per heavy atom. The highest BCUT2D eigenvalue weighted by atomic mass is 16.5. The Balaban J connectivity index is 2.22. The zero-order valence-corrected chi connectivity index (χ0v) is 11.7. The molecule has 20 heavy (non-hydrogen) atoms. The van der Waals surface area contributed by atoms with E-state index >= 15 is 0 Å². The Hall–Kier alpha value is -2.37. The lowest BCUT2D eigenvalue weighted by Crippen LogP contribution is -2.32. The van der Waals surface area contributed by atoms with E-state index in [1.54, 1.807) is 19.2 Å². The van der Waals surface area contributed by atoms with Crippen molar-refractivity contribution in [1.29, 1.82) is 0 Å². The third-order valence-electron chi connectivity index (χ3n) is 2.95. The van der Waals surface area contributed by atoms with Gasteiger partial charge in [-0.15, -0.1) is 10.2 Å². The third kappa shape index (κ3) is 2.96. The molecule has 0 radical (unpaired) electrons. The van der Waals surface area contributed by atoms with Gasteiger partial charge in [-0.2, -0.15) is 0 Å². The van der Waals surface area contributed by atoms with E-state index in [1.165, 1.54) is 0 Å². The highest BCUT2D eigenvalue weighted by Gasteiger charge is 2.18. The second kappa shape index (κ2) is 6.18. The van der Waals surface area contributed by atoms with Crippen molar-refractivity contribution in [2.45, 2.75) is 26.3 Å². The molecule has 6 nitrogen and oxygen atoms in total. The summed E-state index contributed by atoms with van der Waals surface area (Å²) in [6, 6.07) is 7.32.